The lowest BCUT2D eigenvalue weighted by molar-refractivity contribution is -0.122. The monoisotopic (exact) mass is 335 g/mol. The molecule has 0 aromatic carbocycles. The first kappa shape index (κ1) is 16.1. The minimum atomic E-state index is -0.207. The van der Waals surface area contributed by atoms with Gasteiger partial charge in [0, 0.05) is 18.0 Å². The summed E-state index contributed by atoms with van der Waals surface area (Å²) in [5.41, 5.74) is 1.04. The van der Waals surface area contributed by atoms with Crippen LogP contribution in [0.2, 0.25) is 0 Å². The maximum absolute atomic E-state index is 12.7. The normalized spacial score (nSPS) is 15.4. The third-order valence-electron chi connectivity index (χ3n) is 4.08. The summed E-state index contributed by atoms with van der Waals surface area (Å²) in [5.74, 6) is -0.207. The van der Waals surface area contributed by atoms with E-state index in [9.17, 15) is 9.59 Å². The van der Waals surface area contributed by atoms with E-state index >= 15 is 0 Å². The molecule has 6 nitrogen and oxygen atoms in total. The maximum atomic E-state index is 12.7. The number of amides is 1. The molecule has 23 heavy (non-hydrogen) atoms. The van der Waals surface area contributed by atoms with E-state index in [1.807, 2.05) is 6.92 Å². The Hall–Kier alpha value is -1.73. The number of aromatic nitrogens is 2. The molecule has 0 unspecified atom stereocenters. The molecule has 1 atom stereocenters. The van der Waals surface area contributed by atoms with Crippen LogP contribution in [-0.4, -0.2) is 35.2 Å². The average Bonchev–Trinajstić information content (AvgIpc) is 2.89. The van der Waals surface area contributed by atoms with Gasteiger partial charge >= 0.3 is 0 Å². The number of thiophene rings is 1. The summed E-state index contributed by atoms with van der Waals surface area (Å²) in [7, 11) is 1.59. The number of hydrogen-bond donors (Lipinski definition) is 1. The number of hydrogen-bond acceptors (Lipinski definition) is 5. The van der Waals surface area contributed by atoms with E-state index in [2.05, 4.69) is 10.3 Å². The highest BCUT2D eigenvalue weighted by molar-refractivity contribution is 7.18. The van der Waals surface area contributed by atoms with Crippen LogP contribution in [0.15, 0.2) is 11.1 Å². The molecule has 2 aromatic rings. The zero-order valence-electron chi connectivity index (χ0n) is 13.4. The van der Waals surface area contributed by atoms with Gasteiger partial charge in [-0.25, -0.2) is 4.98 Å². The third kappa shape index (κ3) is 3.30. The van der Waals surface area contributed by atoms with E-state index in [-0.39, 0.29) is 24.1 Å². The number of nitrogens with one attached hydrogen (secondary N) is 1. The molecule has 0 fully saturated rings. The van der Waals surface area contributed by atoms with E-state index in [0.717, 1.165) is 29.7 Å². The van der Waals surface area contributed by atoms with Crippen LogP contribution in [0.4, 0.5) is 0 Å². The predicted molar refractivity (Wildman–Crippen MR) is 90.0 cm³/mol. The SMILES string of the molecule is COC[C@H](C)NC(=O)Cn1cnc2sc3c(c2c1=O)CCCC3. The molecule has 1 N–H and O–H groups in total. The Morgan fingerprint density at radius 1 is 1.48 bits per heavy atom. The first-order valence-electron chi connectivity index (χ1n) is 7.88. The largest absolute Gasteiger partial charge is 0.383 e. The van der Waals surface area contributed by atoms with E-state index < -0.39 is 0 Å². The van der Waals surface area contributed by atoms with E-state index in [1.54, 1.807) is 18.4 Å². The molecular formula is C16H21N3O3S. The van der Waals surface area contributed by atoms with Crippen molar-refractivity contribution in [1.29, 1.82) is 0 Å². The summed E-state index contributed by atoms with van der Waals surface area (Å²) in [5, 5.41) is 3.52. The molecule has 0 spiro atoms. The van der Waals surface area contributed by atoms with Crippen molar-refractivity contribution in [3.63, 3.8) is 0 Å². The van der Waals surface area contributed by atoms with Gasteiger partial charge in [-0.3, -0.25) is 14.2 Å². The number of nitrogens with zero attached hydrogens (tertiary/aromatic N) is 2. The Kier molecular flexibility index (Phi) is 4.77. The number of methoxy groups -OCH3 is 1. The van der Waals surface area contributed by atoms with E-state index in [4.69, 9.17) is 4.74 Å². The molecule has 2 aromatic heterocycles. The molecule has 0 saturated carbocycles. The van der Waals surface area contributed by atoms with Crippen LogP contribution in [0.25, 0.3) is 10.2 Å². The lowest BCUT2D eigenvalue weighted by Gasteiger charge is -2.13. The Labute approximate surface area is 138 Å². The highest BCUT2D eigenvalue weighted by atomic mass is 32.1. The van der Waals surface area contributed by atoms with Crippen molar-refractivity contribution in [2.24, 2.45) is 0 Å². The summed E-state index contributed by atoms with van der Waals surface area (Å²) in [6.07, 6.45) is 5.74. The molecule has 2 heterocycles. The topological polar surface area (TPSA) is 73.2 Å². The van der Waals surface area contributed by atoms with Gasteiger partial charge in [-0.05, 0) is 38.2 Å². The fraction of sp³-hybridized carbons (Fsp3) is 0.562. The molecule has 1 aliphatic rings. The Morgan fingerprint density at radius 2 is 2.26 bits per heavy atom. The van der Waals surface area contributed by atoms with E-state index in [0.29, 0.717) is 12.0 Å². The molecule has 0 bridgehead atoms. The summed E-state index contributed by atoms with van der Waals surface area (Å²) in [6.45, 7) is 2.29. The molecule has 1 amide bonds. The Bertz CT molecular complexity index is 781. The molecule has 124 valence electrons. The van der Waals surface area contributed by atoms with Crippen molar-refractivity contribution in [3.05, 3.63) is 27.1 Å². The second kappa shape index (κ2) is 6.80. The summed E-state index contributed by atoms with van der Waals surface area (Å²) in [4.78, 5) is 31.3. The van der Waals surface area contributed by atoms with Crippen LogP contribution in [0.3, 0.4) is 0 Å². The molecule has 3 rings (SSSR count). The standard InChI is InChI=1S/C16H21N3O3S/c1-10(8-22-2)18-13(20)7-19-9-17-15-14(16(19)21)11-5-3-4-6-12(11)23-15/h9-10H,3-8H2,1-2H3,(H,18,20)/t10-/m0/s1. The number of rotatable bonds is 5. The highest BCUT2D eigenvalue weighted by Crippen LogP contribution is 2.33. The average molecular weight is 335 g/mol. The van der Waals surface area contributed by atoms with Crippen molar-refractivity contribution in [1.82, 2.24) is 14.9 Å². The Morgan fingerprint density at radius 3 is 3.04 bits per heavy atom. The molecular weight excluding hydrogens is 314 g/mol. The van der Waals surface area contributed by atoms with Crippen molar-refractivity contribution >= 4 is 27.5 Å². The summed E-state index contributed by atoms with van der Waals surface area (Å²) >= 11 is 1.62. The van der Waals surface area contributed by atoms with Crippen LogP contribution < -0.4 is 10.9 Å². The van der Waals surface area contributed by atoms with Crippen LogP contribution >= 0.6 is 11.3 Å². The van der Waals surface area contributed by atoms with Gasteiger partial charge in [-0.15, -0.1) is 11.3 Å². The van der Waals surface area contributed by atoms with Gasteiger partial charge < -0.3 is 10.1 Å². The second-order valence-electron chi connectivity index (χ2n) is 5.99. The molecule has 7 heteroatoms. The molecule has 0 radical (unpaired) electrons. The summed E-state index contributed by atoms with van der Waals surface area (Å²) in [6, 6.07) is -0.0891. The number of carbonyl (C=O) groups is 1. The van der Waals surface area contributed by atoms with Gasteiger partial charge in [0.05, 0.1) is 18.3 Å². The summed E-state index contributed by atoms with van der Waals surface area (Å²) < 4.78 is 6.40. The number of fused-ring (bicyclic) bond motifs is 3. The second-order valence-corrected chi connectivity index (χ2v) is 7.08. The molecule has 0 saturated heterocycles. The quantitative estimate of drug-likeness (QED) is 0.898. The van der Waals surface area contributed by atoms with Crippen molar-refractivity contribution in [3.8, 4) is 0 Å². The van der Waals surface area contributed by atoms with Crippen molar-refractivity contribution < 1.29 is 9.53 Å². The zero-order chi connectivity index (χ0) is 16.4. The van der Waals surface area contributed by atoms with E-state index in [1.165, 1.54) is 22.2 Å². The zero-order valence-corrected chi connectivity index (χ0v) is 14.2. The smallest absolute Gasteiger partial charge is 0.262 e. The predicted octanol–water partition coefficient (Wildman–Crippen LogP) is 1.49. The van der Waals surface area contributed by atoms with Crippen LogP contribution in [-0.2, 0) is 28.9 Å². The number of ether oxygens (including phenoxy) is 1. The van der Waals surface area contributed by atoms with Gasteiger partial charge in [0.1, 0.15) is 11.4 Å². The third-order valence-corrected chi connectivity index (χ3v) is 5.28. The minimum Gasteiger partial charge on any atom is -0.383 e. The van der Waals surface area contributed by atoms with Crippen LogP contribution in [0.5, 0.6) is 0 Å². The van der Waals surface area contributed by atoms with Gasteiger partial charge in [0.2, 0.25) is 5.91 Å². The van der Waals surface area contributed by atoms with Crippen molar-refractivity contribution in [2.75, 3.05) is 13.7 Å². The molecule has 0 aliphatic heterocycles. The number of aryl methyl sites for hydroxylation is 2. The fourth-order valence-corrected chi connectivity index (χ4v) is 4.28. The highest BCUT2D eigenvalue weighted by Gasteiger charge is 2.20. The lowest BCUT2D eigenvalue weighted by atomic mass is 9.97. The fourth-order valence-electron chi connectivity index (χ4n) is 3.06. The van der Waals surface area contributed by atoms with Crippen LogP contribution in [0, 0.1) is 0 Å². The van der Waals surface area contributed by atoms with Gasteiger partial charge in [0.25, 0.3) is 5.56 Å². The van der Waals surface area contributed by atoms with Gasteiger partial charge in [-0.2, -0.15) is 0 Å². The van der Waals surface area contributed by atoms with Gasteiger partial charge in [0.15, 0.2) is 0 Å². The van der Waals surface area contributed by atoms with Crippen molar-refractivity contribution in [2.45, 2.75) is 45.2 Å². The lowest BCUT2D eigenvalue weighted by Crippen LogP contribution is -2.39. The first-order valence-corrected chi connectivity index (χ1v) is 8.69. The molecule has 1 aliphatic carbocycles. The first-order chi connectivity index (χ1) is 11.1. The number of carbonyl (C=O) groups excluding carboxylic acids is 1. The minimum absolute atomic E-state index is 0.0134. The van der Waals surface area contributed by atoms with Crippen LogP contribution in [0.1, 0.15) is 30.2 Å². The van der Waals surface area contributed by atoms with Gasteiger partial charge in [-0.1, -0.05) is 0 Å². The maximum Gasteiger partial charge on any atom is 0.262 e. The Balaban J connectivity index is 1.86.